The van der Waals surface area contributed by atoms with Crippen LogP contribution in [0.2, 0.25) is 0 Å². The van der Waals surface area contributed by atoms with Crippen LogP contribution < -0.4 is 10.5 Å². The molecule has 0 aromatic heterocycles. The summed E-state index contributed by atoms with van der Waals surface area (Å²) in [6.45, 7) is 4.72. The van der Waals surface area contributed by atoms with E-state index in [1.807, 2.05) is 24.3 Å². The number of ether oxygens (including phenoxy) is 2. The number of halogens is 1. The van der Waals surface area contributed by atoms with Crippen molar-refractivity contribution >= 4 is 18.3 Å². The van der Waals surface area contributed by atoms with E-state index in [9.17, 15) is 4.79 Å². The Bertz CT molecular complexity index is 454. The second-order valence-electron chi connectivity index (χ2n) is 4.38. The van der Waals surface area contributed by atoms with Gasteiger partial charge >= 0.3 is 0 Å². The molecule has 6 heteroatoms. The molecule has 1 atom stereocenters. The summed E-state index contributed by atoms with van der Waals surface area (Å²) in [7, 11) is 3.13. The van der Waals surface area contributed by atoms with E-state index in [-0.39, 0.29) is 24.9 Å². The molecule has 0 unspecified atom stereocenters. The number of para-hydroxylation sites is 1. The van der Waals surface area contributed by atoms with Gasteiger partial charge in [0.2, 0.25) is 5.91 Å². The first-order valence-electron chi connectivity index (χ1n) is 6.40. The minimum atomic E-state index is -0.672. The van der Waals surface area contributed by atoms with Gasteiger partial charge in [0.25, 0.3) is 0 Å². The molecule has 1 rings (SSSR count). The number of nitrogens with two attached hydrogens (primary N) is 1. The first-order chi connectivity index (χ1) is 9.63. The summed E-state index contributed by atoms with van der Waals surface area (Å²) in [5.74, 6) is 0.576. The van der Waals surface area contributed by atoms with Crippen molar-refractivity contribution in [3.63, 3.8) is 0 Å². The molecular formula is C15H23ClN2O3. The monoisotopic (exact) mass is 314 g/mol. The molecule has 118 valence electrons. The van der Waals surface area contributed by atoms with Crippen LogP contribution in [0.5, 0.6) is 5.75 Å². The highest BCUT2D eigenvalue weighted by Crippen LogP contribution is 2.19. The van der Waals surface area contributed by atoms with Gasteiger partial charge in [0, 0.05) is 25.8 Å². The molecule has 5 nitrogen and oxygen atoms in total. The van der Waals surface area contributed by atoms with Gasteiger partial charge in [0.15, 0.2) is 0 Å². The molecule has 0 saturated carbocycles. The molecule has 1 aromatic rings. The quantitative estimate of drug-likeness (QED) is 0.740. The number of rotatable bonds is 8. The summed E-state index contributed by atoms with van der Waals surface area (Å²) < 4.78 is 10.2. The van der Waals surface area contributed by atoms with E-state index in [1.165, 1.54) is 7.11 Å². The van der Waals surface area contributed by atoms with E-state index in [1.54, 1.807) is 18.1 Å². The van der Waals surface area contributed by atoms with Gasteiger partial charge in [-0.2, -0.15) is 0 Å². The molecule has 0 fully saturated rings. The van der Waals surface area contributed by atoms with Gasteiger partial charge in [0.05, 0.1) is 13.7 Å². The van der Waals surface area contributed by atoms with Crippen molar-refractivity contribution in [2.24, 2.45) is 5.73 Å². The largest absolute Gasteiger partial charge is 0.496 e. The predicted molar refractivity (Wildman–Crippen MR) is 85.7 cm³/mol. The molecule has 0 bridgehead atoms. The number of amides is 1. The van der Waals surface area contributed by atoms with E-state index >= 15 is 0 Å². The van der Waals surface area contributed by atoms with Crippen LogP contribution in [0.15, 0.2) is 36.9 Å². The molecule has 0 aliphatic heterocycles. The van der Waals surface area contributed by atoms with E-state index in [0.717, 1.165) is 11.3 Å². The van der Waals surface area contributed by atoms with Crippen molar-refractivity contribution in [1.29, 1.82) is 0 Å². The second kappa shape index (κ2) is 10.2. The van der Waals surface area contributed by atoms with Crippen molar-refractivity contribution in [1.82, 2.24) is 4.90 Å². The maximum Gasteiger partial charge on any atom is 0.242 e. The zero-order valence-corrected chi connectivity index (χ0v) is 13.3. The van der Waals surface area contributed by atoms with E-state index in [4.69, 9.17) is 15.2 Å². The van der Waals surface area contributed by atoms with Crippen LogP contribution in [0, 0.1) is 0 Å². The fraction of sp³-hybridized carbons (Fsp3) is 0.400. The standard InChI is InChI=1S/C15H22N2O3.ClH/c1-4-9-17(15(18)13(16)11-19-2)10-12-7-5-6-8-14(12)20-3;/h4-8,13H,1,9-11,16H2,2-3H3;1H/t13-;/m0./s1. The van der Waals surface area contributed by atoms with Crippen LogP contribution >= 0.6 is 12.4 Å². The first-order valence-corrected chi connectivity index (χ1v) is 6.40. The number of hydrogen-bond donors (Lipinski definition) is 1. The number of methoxy groups -OCH3 is 2. The highest BCUT2D eigenvalue weighted by atomic mass is 35.5. The second-order valence-corrected chi connectivity index (χ2v) is 4.38. The zero-order chi connectivity index (χ0) is 15.0. The summed E-state index contributed by atoms with van der Waals surface area (Å²) in [6.07, 6.45) is 1.67. The highest BCUT2D eigenvalue weighted by molar-refractivity contribution is 5.85. The van der Waals surface area contributed by atoms with Crippen LogP contribution in [0.3, 0.4) is 0 Å². The predicted octanol–water partition coefficient (Wildman–Crippen LogP) is 1.61. The third-order valence-electron chi connectivity index (χ3n) is 2.88. The summed E-state index contributed by atoms with van der Waals surface area (Å²) in [5, 5.41) is 0. The average Bonchev–Trinajstić information content (AvgIpc) is 2.46. The van der Waals surface area contributed by atoms with Crippen molar-refractivity contribution in [2.75, 3.05) is 27.4 Å². The van der Waals surface area contributed by atoms with E-state index < -0.39 is 6.04 Å². The lowest BCUT2D eigenvalue weighted by atomic mass is 10.1. The maximum absolute atomic E-state index is 12.3. The Morgan fingerprint density at radius 2 is 2.10 bits per heavy atom. The van der Waals surface area contributed by atoms with Gasteiger partial charge < -0.3 is 20.1 Å². The Kier molecular flexibility index (Phi) is 9.45. The Hall–Kier alpha value is -1.56. The minimum Gasteiger partial charge on any atom is -0.496 e. The number of nitrogens with zero attached hydrogens (tertiary/aromatic N) is 1. The Morgan fingerprint density at radius 1 is 1.43 bits per heavy atom. The smallest absolute Gasteiger partial charge is 0.242 e. The lowest BCUT2D eigenvalue weighted by Crippen LogP contribution is -2.45. The first kappa shape index (κ1) is 19.4. The van der Waals surface area contributed by atoms with Crippen LogP contribution in [0.25, 0.3) is 0 Å². The Morgan fingerprint density at radius 3 is 2.67 bits per heavy atom. The van der Waals surface area contributed by atoms with Crippen molar-refractivity contribution in [3.8, 4) is 5.75 Å². The number of carbonyl (C=O) groups excluding carboxylic acids is 1. The Labute approximate surface area is 132 Å². The maximum atomic E-state index is 12.3. The summed E-state index contributed by atoms with van der Waals surface area (Å²) in [6, 6.07) is 6.90. The molecule has 2 N–H and O–H groups in total. The lowest BCUT2D eigenvalue weighted by molar-refractivity contribution is -0.133. The molecule has 0 saturated heterocycles. The lowest BCUT2D eigenvalue weighted by Gasteiger charge is -2.25. The van der Waals surface area contributed by atoms with Crippen LogP contribution in [-0.2, 0) is 16.1 Å². The van der Waals surface area contributed by atoms with Gasteiger partial charge in [-0.3, -0.25) is 4.79 Å². The van der Waals surface area contributed by atoms with E-state index in [0.29, 0.717) is 13.1 Å². The van der Waals surface area contributed by atoms with Crippen LogP contribution in [0.4, 0.5) is 0 Å². The van der Waals surface area contributed by atoms with Crippen LogP contribution in [0.1, 0.15) is 5.56 Å². The minimum absolute atomic E-state index is 0. The highest BCUT2D eigenvalue weighted by Gasteiger charge is 2.21. The van der Waals surface area contributed by atoms with Crippen molar-refractivity contribution < 1.29 is 14.3 Å². The molecule has 0 spiro atoms. The van der Waals surface area contributed by atoms with Gasteiger partial charge in [-0.05, 0) is 6.07 Å². The van der Waals surface area contributed by atoms with Gasteiger partial charge in [-0.1, -0.05) is 24.3 Å². The molecule has 1 amide bonds. The van der Waals surface area contributed by atoms with Gasteiger partial charge in [0.1, 0.15) is 11.8 Å². The van der Waals surface area contributed by atoms with Crippen molar-refractivity contribution in [3.05, 3.63) is 42.5 Å². The number of carbonyl (C=O) groups is 1. The van der Waals surface area contributed by atoms with Gasteiger partial charge in [-0.15, -0.1) is 19.0 Å². The number of benzene rings is 1. The third kappa shape index (κ3) is 5.75. The average molecular weight is 315 g/mol. The SMILES string of the molecule is C=CCN(Cc1ccccc1OC)C(=O)[C@@H](N)COC.Cl. The molecular weight excluding hydrogens is 292 g/mol. The normalized spacial score (nSPS) is 11.2. The molecule has 21 heavy (non-hydrogen) atoms. The fourth-order valence-corrected chi connectivity index (χ4v) is 1.91. The third-order valence-corrected chi connectivity index (χ3v) is 2.88. The number of hydrogen-bond acceptors (Lipinski definition) is 4. The Balaban J connectivity index is 0.00000400. The topological polar surface area (TPSA) is 64.8 Å². The summed E-state index contributed by atoms with van der Waals surface area (Å²) in [4.78, 5) is 13.9. The molecule has 0 aliphatic carbocycles. The van der Waals surface area contributed by atoms with Gasteiger partial charge in [-0.25, -0.2) is 0 Å². The van der Waals surface area contributed by atoms with Crippen LogP contribution in [-0.4, -0.2) is 44.2 Å². The van der Waals surface area contributed by atoms with E-state index in [2.05, 4.69) is 6.58 Å². The fourth-order valence-electron chi connectivity index (χ4n) is 1.91. The zero-order valence-electron chi connectivity index (χ0n) is 12.5. The molecule has 1 aromatic carbocycles. The summed E-state index contributed by atoms with van der Waals surface area (Å²) >= 11 is 0. The molecule has 0 radical (unpaired) electrons. The summed E-state index contributed by atoms with van der Waals surface area (Å²) in [5.41, 5.74) is 6.73. The molecule has 0 heterocycles. The molecule has 0 aliphatic rings. The van der Waals surface area contributed by atoms with Crippen molar-refractivity contribution in [2.45, 2.75) is 12.6 Å².